The Labute approximate surface area is 253 Å². The normalized spacial score (nSPS) is 11.6. The summed E-state index contributed by atoms with van der Waals surface area (Å²) in [5, 5.41) is 4.55. The van der Waals surface area contributed by atoms with Gasteiger partial charge in [0.25, 0.3) is 0 Å². The molecule has 0 aliphatic rings. The van der Waals surface area contributed by atoms with Crippen LogP contribution in [-0.2, 0) is 0 Å². The Bertz CT molecular complexity index is 2430. The van der Waals surface area contributed by atoms with Gasteiger partial charge in [-0.25, -0.2) is 9.97 Å². The van der Waals surface area contributed by atoms with E-state index in [9.17, 15) is 0 Å². The molecule has 0 aliphatic heterocycles. The van der Waals surface area contributed by atoms with E-state index in [0.29, 0.717) is 5.95 Å². The van der Waals surface area contributed by atoms with Gasteiger partial charge in [0.1, 0.15) is 11.2 Å². The highest BCUT2D eigenvalue weighted by Gasteiger charge is 2.18. The summed E-state index contributed by atoms with van der Waals surface area (Å²) in [6.45, 7) is 0. The van der Waals surface area contributed by atoms with Crippen molar-refractivity contribution in [3.8, 4) is 39.6 Å². The fourth-order valence-electron chi connectivity index (χ4n) is 6.38. The van der Waals surface area contributed by atoms with Gasteiger partial charge < -0.3 is 4.42 Å². The zero-order valence-electron chi connectivity index (χ0n) is 23.7. The lowest BCUT2D eigenvalue weighted by atomic mass is 10.0. The second-order valence-electron chi connectivity index (χ2n) is 11.0. The maximum atomic E-state index is 6.40. The number of para-hydroxylation sites is 3. The quantitative estimate of drug-likeness (QED) is 0.214. The molecule has 0 radical (unpaired) electrons. The van der Waals surface area contributed by atoms with E-state index in [1.54, 1.807) is 0 Å². The molecule has 0 saturated carbocycles. The van der Waals surface area contributed by atoms with Crippen molar-refractivity contribution in [1.29, 1.82) is 0 Å². The average molecular weight is 564 g/mol. The topological polar surface area (TPSA) is 43.9 Å². The van der Waals surface area contributed by atoms with Crippen LogP contribution in [0.25, 0.3) is 83.3 Å². The van der Waals surface area contributed by atoms with Crippen molar-refractivity contribution in [3.63, 3.8) is 0 Å². The van der Waals surface area contributed by atoms with Crippen molar-refractivity contribution in [2.24, 2.45) is 0 Å². The Morgan fingerprint density at radius 2 is 1.05 bits per heavy atom. The van der Waals surface area contributed by atoms with E-state index in [4.69, 9.17) is 14.4 Å². The van der Waals surface area contributed by atoms with E-state index in [1.807, 2.05) is 48.5 Å². The number of furan rings is 1. The summed E-state index contributed by atoms with van der Waals surface area (Å²) in [5.74, 6) is 0.642. The molecule has 4 nitrogen and oxygen atoms in total. The highest BCUT2D eigenvalue weighted by atomic mass is 16.3. The number of aromatic nitrogens is 3. The van der Waals surface area contributed by atoms with E-state index >= 15 is 0 Å². The number of benzene rings is 6. The third kappa shape index (κ3) is 3.85. The Balaban J connectivity index is 1.30. The van der Waals surface area contributed by atoms with Gasteiger partial charge in [0, 0.05) is 38.2 Å². The van der Waals surface area contributed by atoms with Crippen molar-refractivity contribution < 1.29 is 4.42 Å². The zero-order valence-corrected chi connectivity index (χ0v) is 23.7. The van der Waals surface area contributed by atoms with E-state index in [2.05, 4.69) is 108 Å². The molecule has 0 bridgehead atoms. The minimum Gasteiger partial charge on any atom is -0.455 e. The first-order chi connectivity index (χ1) is 21.8. The van der Waals surface area contributed by atoms with Crippen molar-refractivity contribution in [2.45, 2.75) is 0 Å². The molecule has 0 N–H and O–H groups in total. The smallest absolute Gasteiger partial charge is 0.235 e. The number of nitrogens with zero attached hydrogens (tertiary/aromatic N) is 3. The predicted molar refractivity (Wildman–Crippen MR) is 180 cm³/mol. The maximum Gasteiger partial charge on any atom is 0.235 e. The van der Waals surface area contributed by atoms with Gasteiger partial charge in [-0.05, 0) is 35.9 Å². The molecular weight excluding hydrogens is 538 g/mol. The van der Waals surface area contributed by atoms with Crippen LogP contribution in [0.1, 0.15) is 0 Å². The van der Waals surface area contributed by atoms with Crippen LogP contribution < -0.4 is 0 Å². The van der Waals surface area contributed by atoms with Crippen LogP contribution in [0.2, 0.25) is 0 Å². The van der Waals surface area contributed by atoms with Crippen molar-refractivity contribution >= 4 is 43.7 Å². The van der Waals surface area contributed by atoms with Crippen LogP contribution in [0, 0.1) is 0 Å². The van der Waals surface area contributed by atoms with E-state index in [0.717, 1.165) is 77.4 Å². The molecule has 0 aliphatic carbocycles. The highest BCUT2D eigenvalue weighted by molar-refractivity contribution is 6.13. The molecular formula is C40H25N3O. The van der Waals surface area contributed by atoms with Gasteiger partial charge in [0.15, 0.2) is 0 Å². The summed E-state index contributed by atoms with van der Waals surface area (Å²) in [4.78, 5) is 10.3. The SMILES string of the molecule is c1ccc(-c2cc(-c3ccccc3)nc(-n3c4ccccc4c4cc(-c5cccc6c5oc5ccccc56)ccc43)n2)cc1. The van der Waals surface area contributed by atoms with Crippen LogP contribution in [0.5, 0.6) is 0 Å². The molecule has 9 rings (SSSR count). The first-order valence-electron chi connectivity index (χ1n) is 14.8. The van der Waals surface area contributed by atoms with Gasteiger partial charge in [-0.1, -0.05) is 121 Å². The minimum absolute atomic E-state index is 0.642. The zero-order chi connectivity index (χ0) is 29.0. The van der Waals surface area contributed by atoms with E-state index < -0.39 is 0 Å². The molecule has 3 aromatic heterocycles. The fourth-order valence-corrected chi connectivity index (χ4v) is 6.38. The molecule has 0 fully saturated rings. The van der Waals surface area contributed by atoms with Gasteiger partial charge in [-0.2, -0.15) is 0 Å². The van der Waals surface area contributed by atoms with Gasteiger partial charge in [-0.15, -0.1) is 0 Å². The Hall–Kier alpha value is -6.00. The second kappa shape index (κ2) is 9.79. The van der Waals surface area contributed by atoms with Crippen molar-refractivity contribution in [1.82, 2.24) is 14.5 Å². The van der Waals surface area contributed by atoms with E-state index in [1.165, 1.54) is 0 Å². The van der Waals surface area contributed by atoms with Gasteiger partial charge in [-0.3, -0.25) is 4.57 Å². The van der Waals surface area contributed by atoms with Gasteiger partial charge >= 0.3 is 0 Å². The summed E-state index contributed by atoms with van der Waals surface area (Å²) in [7, 11) is 0. The lowest BCUT2D eigenvalue weighted by molar-refractivity contribution is 0.670. The number of hydrogen-bond donors (Lipinski definition) is 0. The lowest BCUT2D eigenvalue weighted by Crippen LogP contribution is -2.03. The van der Waals surface area contributed by atoms with Crippen LogP contribution in [0.15, 0.2) is 156 Å². The monoisotopic (exact) mass is 563 g/mol. The van der Waals surface area contributed by atoms with Crippen molar-refractivity contribution in [2.75, 3.05) is 0 Å². The summed E-state index contributed by atoms with van der Waals surface area (Å²) in [6.07, 6.45) is 0. The lowest BCUT2D eigenvalue weighted by Gasteiger charge is -2.12. The molecule has 3 heterocycles. The summed E-state index contributed by atoms with van der Waals surface area (Å²) >= 11 is 0. The Morgan fingerprint density at radius 3 is 1.80 bits per heavy atom. The molecule has 4 heteroatoms. The molecule has 0 saturated heterocycles. The van der Waals surface area contributed by atoms with E-state index in [-0.39, 0.29) is 0 Å². The first kappa shape index (κ1) is 24.6. The predicted octanol–water partition coefficient (Wildman–Crippen LogP) is 10.5. The second-order valence-corrected chi connectivity index (χ2v) is 11.0. The van der Waals surface area contributed by atoms with Crippen LogP contribution in [-0.4, -0.2) is 14.5 Å². The Kier molecular flexibility index (Phi) is 5.47. The first-order valence-corrected chi connectivity index (χ1v) is 14.8. The minimum atomic E-state index is 0.642. The third-order valence-electron chi connectivity index (χ3n) is 8.44. The highest BCUT2D eigenvalue weighted by Crippen LogP contribution is 2.39. The van der Waals surface area contributed by atoms with Gasteiger partial charge in [0.2, 0.25) is 5.95 Å². The molecule has 0 spiro atoms. The molecule has 0 unspecified atom stereocenters. The maximum absolute atomic E-state index is 6.40. The molecule has 0 amide bonds. The fraction of sp³-hybridized carbons (Fsp3) is 0. The van der Waals surface area contributed by atoms with Crippen LogP contribution in [0.3, 0.4) is 0 Å². The van der Waals surface area contributed by atoms with Crippen LogP contribution >= 0.6 is 0 Å². The van der Waals surface area contributed by atoms with Crippen LogP contribution in [0.4, 0.5) is 0 Å². The summed E-state index contributed by atoms with van der Waals surface area (Å²) in [6, 6.07) is 52.4. The van der Waals surface area contributed by atoms with Crippen molar-refractivity contribution in [3.05, 3.63) is 152 Å². The number of rotatable bonds is 4. The average Bonchev–Trinajstić information content (AvgIpc) is 3.64. The molecule has 6 aromatic carbocycles. The third-order valence-corrected chi connectivity index (χ3v) is 8.44. The molecule has 9 aromatic rings. The standard InChI is InChI=1S/C40H25N3O/c1-3-12-26(13-4-1)34-25-35(27-14-5-2-6-15-27)42-40(41-34)43-36-20-9-7-16-30(36)33-24-28(22-23-37(33)43)29-18-11-19-32-31-17-8-10-21-38(31)44-39(29)32/h1-25H. The molecule has 0 atom stereocenters. The molecule has 206 valence electrons. The Morgan fingerprint density at radius 1 is 0.432 bits per heavy atom. The molecule has 44 heavy (non-hydrogen) atoms. The summed E-state index contributed by atoms with van der Waals surface area (Å²) < 4.78 is 8.59. The summed E-state index contributed by atoms with van der Waals surface area (Å²) in [5.41, 5.74) is 9.97. The largest absolute Gasteiger partial charge is 0.455 e. The number of fused-ring (bicyclic) bond motifs is 6. The number of hydrogen-bond acceptors (Lipinski definition) is 3. The van der Waals surface area contributed by atoms with Gasteiger partial charge in [0.05, 0.1) is 22.4 Å².